The van der Waals surface area contributed by atoms with E-state index in [9.17, 15) is 10.1 Å². The molecule has 0 saturated heterocycles. The van der Waals surface area contributed by atoms with Gasteiger partial charge in [-0.2, -0.15) is 5.26 Å². The van der Waals surface area contributed by atoms with Crippen molar-refractivity contribution in [3.8, 4) is 17.5 Å². The minimum Gasteiger partial charge on any atom is -0.324 e. The molecular weight excluding hydrogens is 453 g/mol. The van der Waals surface area contributed by atoms with Gasteiger partial charge in [0, 0.05) is 17.1 Å². The lowest BCUT2D eigenvalue weighted by Gasteiger charge is -2.16. The highest BCUT2D eigenvalue weighted by Gasteiger charge is 2.23. The van der Waals surface area contributed by atoms with Crippen molar-refractivity contribution in [3.05, 3.63) is 58.1 Å². The number of benzene rings is 2. The molecule has 0 aliphatic heterocycles. The van der Waals surface area contributed by atoms with Crippen LogP contribution in [0.1, 0.15) is 26.3 Å². The van der Waals surface area contributed by atoms with E-state index in [2.05, 4.69) is 35.4 Å². The Labute approximate surface area is 195 Å². The number of anilines is 1. The third-order valence-electron chi connectivity index (χ3n) is 4.39. The highest BCUT2D eigenvalue weighted by atomic mass is 35.5. The van der Waals surface area contributed by atoms with Crippen LogP contribution in [0.25, 0.3) is 11.4 Å². The predicted octanol–water partition coefficient (Wildman–Crippen LogP) is 5.90. The minimum absolute atomic E-state index is 0.224. The average molecular weight is 474 g/mol. The summed E-state index contributed by atoms with van der Waals surface area (Å²) in [5.74, 6) is 0.727. The highest BCUT2D eigenvalue weighted by Crippen LogP contribution is 2.33. The van der Waals surface area contributed by atoms with E-state index in [1.807, 2.05) is 10.6 Å². The van der Waals surface area contributed by atoms with Gasteiger partial charge in [0.05, 0.1) is 21.5 Å². The average Bonchev–Trinajstić information content (AvgIpc) is 3.09. The van der Waals surface area contributed by atoms with Gasteiger partial charge in [0.2, 0.25) is 5.91 Å². The molecular formula is C22H21Cl2N5OS. The normalized spacial score (nSPS) is 11.9. The number of amides is 1. The van der Waals surface area contributed by atoms with Crippen molar-refractivity contribution < 1.29 is 4.79 Å². The van der Waals surface area contributed by atoms with Gasteiger partial charge in [-0.05, 0) is 43.2 Å². The molecule has 3 rings (SSSR count). The van der Waals surface area contributed by atoms with Gasteiger partial charge >= 0.3 is 0 Å². The van der Waals surface area contributed by atoms with Gasteiger partial charge in [-0.3, -0.25) is 4.79 Å². The van der Waals surface area contributed by atoms with Crippen LogP contribution in [0.3, 0.4) is 0 Å². The van der Waals surface area contributed by atoms with Crippen LogP contribution in [0.5, 0.6) is 0 Å². The molecule has 0 fully saturated rings. The SMILES string of the molecule is CC(C)Cn1c(SC(C)C(=O)Nc2ccccc2C#N)nnc1-c1ccc(Cl)cc1Cl. The summed E-state index contributed by atoms with van der Waals surface area (Å²) in [6, 6.07) is 14.2. The van der Waals surface area contributed by atoms with Crippen LogP contribution in [0.4, 0.5) is 5.69 Å². The number of halogens is 2. The summed E-state index contributed by atoms with van der Waals surface area (Å²) in [5.41, 5.74) is 1.63. The zero-order chi connectivity index (χ0) is 22.5. The van der Waals surface area contributed by atoms with Crippen LogP contribution in [-0.2, 0) is 11.3 Å². The summed E-state index contributed by atoms with van der Waals surface area (Å²) in [7, 11) is 0. The van der Waals surface area contributed by atoms with Crippen LogP contribution in [-0.4, -0.2) is 25.9 Å². The lowest BCUT2D eigenvalue weighted by atomic mass is 10.2. The van der Waals surface area contributed by atoms with Gasteiger partial charge in [-0.25, -0.2) is 0 Å². The monoisotopic (exact) mass is 473 g/mol. The highest BCUT2D eigenvalue weighted by molar-refractivity contribution is 8.00. The van der Waals surface area contributed by atoms with E-state index in [1.54, 1.807) is 43.3 Å². The van der Waals surface area contributed by atoms with E-state index < -0.39 is 5.25 Å². The molecule has 0 saturated carbocycles. The molecule has 31 heavy (non-hydrogen) atoms. The molecule has 9 heteroatoms. The Morgan fingerprint density at radius 3 is 2.61 bits per heavy atom. The van der Waals surface area contributed by atoms with Crippen molar-refractivity contribution in [1.82, 2.24) is 14.8 Å². The second-order valence-corrected chi connectivity index (χ2v) is 9.49. The number of nitrogens with zero attached hydrogens (tertiary/aromatic N) is 4. The number of hydrogen-bond donors (Lipinski definition) is 1. The number of nitriles is 1. The van der Waals surface area contributed by atoms with Crippen molar-refractivity contribution in [2.24, 2.45) is 5.92 Å². The molecule has 0 aliphatic carbocycles. The van der Waals surface area contributed by atoms with Crippen LogP contribution in [0.15, 0.2) is 47.6 Å². The van der Waals surface area contributed by atoms with Gasteiger partial charge < -0.3 is 9.88 Å². The van der Waals surface area contributed by atoms with Crippen LogP contribution in [0, 0.1) is 17.2 Å². The van der Waals surface area contributed by atoms with Crippen molar-refractivity contribution in [3.63, 3.8) is 0 Å². The van der Waals surface area contributed by atoms with Crippen LogP contribution < -0.4 is 5.32 Å². The third kappa shape index (κ3) is 5.59. The van der Waals surface area contributed by atoms with Crippen LogP contribution >= 0.6 is 35.0 Å². The number of carbonyl (C=O) groups excluding carboxylic acids is 1. The number of aromatic nitrogens is 3. The molecule has 1 amide bonds. The molecule has 1 N–H and O–H groups in total. The quantitative estimate of drug-likeness (QED) is 0.431. The third-order valence-corrected chi connectivity index (χ3v) is 6.02. The zero-order valence-corrected chi connectivity index (χ0v) is 19.6. The number of carbonyl (C=O) groups is 1. The Balaban J connectivity index is 1.86. The zero-order valence-electron chi connectivity index (χ0n) is 17.3. The Bertz CT molecular complexity index is 1140. The van der Waals surface area contributed by atoms with E-state index in [0.717, 1.165) is 5.56 Å². The largest absolute Gasteiger partial charge is 0.324 e. The van der Waals surface area contributed by atoms with E-state index >= 15 is 0 Å². The number of para-hydroxylation sites is 1. The fraction of sp³-hybridized carbons (Fsp3) is 0.273. The van der Waals surface area contributed by atoms with E-state index in [1.165, 1.54) is 11.8 Å². The van der Waals surface area contributed by atoms with E-state index in [-0.39, 0.29) is 5.91 Å². The maximum absolute atomic E-state index is 12.8. The summed E-state index contributed by atoms with van der Waals surface area (Å²) in [5, 5.41) is 21.9. The van der Waals surface area contributed by atoms with Gasteiger partial charge in [-0.1, -0.05) is 60.9 Å². The van der Waals surface area contributed by atoms with Gasteiger partial charge in [0.15, 0.2) is 11.0 Å². The van der Waals surface area contributed by atoms with Gasteiger partial charge in [0.1, 0.15) is 6.07 Å². The minimum atomic E-state index is -0.463. The molecule has 0 radical (unpaired) electrons. The number of thioether (sulfide) groups is 1. The summed E-state index contributed by atoms with van der Waals surface area (Å²) >= 11 is 13.7. The molecule has 2 aromatic carbocycles. The van der Waals surface area contributed by atoms with Crippen molar-refractivity contribution in [2.45, 2.75) is 37.7 Å². The maximum atomic E-state index is 12.8. The lowest BCUT2D eigenvalue weighted by Crippen LogP contribution is -2.23. The molecule has 0 spiro atoms. The first kappa shape index (κ1) is 23.1. The maximum Gasteiger partial charge on any atom is 0.237 e. The molecule has 0 bridgehead atoms. The fourth-order valence-corrected chi connectivity index (χ4v) is 4.26. The first-order chi connectivity index (χ1) is 14.8. The topological polar surface area (TPSA) is 83.6 Å². The molecule has 1 atom stereocenters. The Morgan fingerprint density at radius 2 is 1.94 bits per heavy atom. The molecule has 0 aliphatic rings. The standard InChI is InChI=1S/C22H21Cl2N5OS/c1-13(2)12-29-20(17-9-8-16(23)10-18(17)24)27-28-22(29)31-14(3)21(30)26-19-7-5-4-6-15(19)11-25/h4-10,13-14H,12H2,1-3H3,(H,26,30). The molecule has 1 unspecified atom stereocenters. The van der Waals surface area contributed by atoms with Crippen molar-refractivity contribution >= 4 is 46.6 Å². The van der Waals surface area contributed by atoms with E-state index in [4.69, 9.17) is 23.2 Å². The van der Waals surface area contributed by atoms with Gasteiger partial charge in [-0.15, -0.1) is 10.2 Å². The van der Waals surface area contributed by atoms with Crippen LogP contribution in [0.2, 0.25) is 10.0 Å². The fourth-order valence-electron chi connectivity index (χ4n) is 2.91. The molecule has 6 nitrogen and oxygen atoms in total. The summed E-state index contributed by atoms with van der Waals surface area (Å²) in [6.45, 7) is 6.64. The second kappa shape index (κ2) is 10.2. The first-order valence-electron chi connectivity index (χ1n) is 9.65. The Kier molecular flexibility index (Phi) is 7.60. The summed E-state index contributed by atoms with van der Waals surface area (Å²) < 4.78 is 1.97. The lowest BCUT2D eigenvalue weighted by molar-refractivity contribution is -0.115. The summed E-state index contributed by atoms with van der Waals surface area (Å²) in [6.07, 6.45) is 0. The molecule has 1 heterocycles. The van der Waals surface area contributed by atoms with Gasteiger partial charge in [0.25, 0.3) is 0 Å². The van der Waals surface area contributed by atoms with E-state index in [0.29, 0.717) is 44.7 Å². The number of rotatable bonds is 7. The number of nitrogens with one attached hydrogen (secondary N) is 1. The smallest absolute Gasteiger partial charge is 0.237 e. The first-order valence-corrected chi connectivity index (χ1v) is 11.3. The van der Waals surface area contributed by atoms with Crippen molar-refractivity contribution in [2.75, 3.05) is 5.32 Å². The molecule has 3 aromatic rings. The summed E-state index contributed by atoms with van der Waals surface area (Å²) in [4.78, 5) is 12.8. The Morgan fingerprint density at radius 1 is 1.19 bits per heavy atom. The van der Waals surface area contributed by atoms with Crippen molar-refractivity contribution in [1.29, 1.82) is 5.26 Å². The Hall–Kier alpha value is -2.53. The second-order valence-electron chi connectivity index (χ2n) is 7.34. The molecule has 1 aromatic heterocycles. The molecule has 160 valence electrons. The number of hydrogen-bond acceptors (Lipinski definition) is 5. The predicted molar refractivity (Wildman–Crippen MR) is 125 cm³/mol.